The fourth-order valence-corrected chi connectivity index (χ4v) is 4.77. The van der Waals surface area contributed by atoms with Crippen molar-refractivity contribution in [2.24, 2.45) is 7.05 Å². The summed E-state index contributed by atoms with van der Waals surface area (Å²) in [6, 6.07) is -0.172. The van der Waals surface area contributed by atoms with Crippen molar-refractivity contribution >= 4 is 22.9 Å². The van der Waals surface area contributed by atoms with Crippen LogP contribution in [-0.2, 0) is 16.5 Å². The average molecular weight is 461 g/mol. The molecule has 1 unspecified atom stereocenters. The number of carbonyl (C=O) groups excluding carboxylic acids is 1. The van der Waals surface area contributed by atoms with E-state index in [0.29, 0.717) is 31.0 Å². The zero-order chi connectivity index (χ0) is 24.1. The van der Waals surface area contributed by atoms with Crippen LogP contribution in [0.5, 0.6) is 0 Å². The number of piperazine rings is 1. The molecule has 0 radical (unpaired) electrons. The van der Waals surface area contributed by atoms with Crippen molar-refractivity contribution in [2.45, 2.75) is 84.7 Å². The minimum Gasteiger partial charge on any atom is -0.444 e. The van der Waals surface area contributed by atoms with Crippen molar-refractivity contribution in [1.29, 1.82) is 0 Å². The highest BCUT2D eigenvalue weighted by Crippen LogP contribution is 2.32. The van der Waals surface area contributed by atoms with Crippen LogP contribution in [0.4, 0.5) is 10.6 Å². The lowest BCUT2D eigenvalue weighted by molar-refractivity contribution is -0.0402. The molecule has 2 fully saturated rings. The summed E-state index contributed by atoms with van der Waals surface area (Å²) in [5, 5.41) is 4.90. The van der Waals surface area contributed by atoms with Crippen LogP contribution in [0.25, 0.3) is 11.0 Å². The molecule has 2 aromatic rings. The number of carbonyl (C=O) groups is 1. The quantitative estimate of drug-likeness (QED) is 0.680. The van der Waals surface area contributed by atoms with Crippen LogP contribution in [0.1, 0.15) is 65.8 Å². The Morgan fingerprint density at radius 3 is 2.52 bits per heavy atom. The Morgan fingerprint density at radius 2 is 1.88 bits per heavy atom. The summed E-state index contributed by atoms with van der Waals surface area (Å²) in [5.41, 5.74) is 1.48. The lowest BCUT2D eigenvalue weighted by Gasteiger charge is -2.44. The highest BCUT2D eigenvalue weighted by atomic mass is 16.6. The number of hydrogen-bond acceptors (Lipinski definition) is 7. The first kappa shape index (κ1) is 23.5. The molecule has 0 aromatic carbocycles. The summed E-state index contributed by atoms with van der Waals surface area (Å²) >= 11 is 0. The van der Waals surface area contributed by atoms with Crippen molar-refractivity contribution in [1.82, 2.24) is 24.2 Å². The van der Waals surface area contributed by atoms with Gasteiger partial charge >= 0.3 is 11.8 Å². The van der Waals surface area contributed by atoms with Crippen LogP contribution in [0, 0.1) is 6.92 Å². The lowest BCUT2D eigenvalue weighted by Crippen LogP contribution is -2.59. The van der Waals surface area contributed by atoms with Gasteiger partial charge in [0.1, 0.15) is 5.60 Å². The first-order valence-electron chi connectivity index (χ1n) is 11.8. The minimum atomic E-state index is -0.553. The van der Waals surface area contributed by atoms with E-state index in [1.54, 1.807) is 16.5 Å². The molecule has 2 aromatic heterocycles. The number of amides is 1. The molecule has 0 saturated carbocycles. The topological polar surface area (TPSA) is 94.7 Å². The molecule has 10 nitrogen and oxygen atoms in total. The second-order valence-corrected chi connectivity index (χ2v) is 10.3. The van der Waals surface area contributed by atoms with Gasteiger partial charge in [-0.2, -0.15) is 10.1 Å². The highest BCUT2D eigenvalue weighted by Gasteiger charge is 2.37. The molecule has 182 valence electrons. The zero-order valence-electron chi connectivity index (χ0n) is 20.8. The molecule has 0 N–H and O–H groups in total. The van der Waals surface area contributed by atoms with Crippen LogP contribution in [0.2, 0.25) is 0 Å². The number of hydrogen-bond donors (Lipinski definition) is 0. The average Bonchev–Trinajstić information content (AvgIpc) is 3.09. The molecule has 2 saturated heterocycles. The van der Waals surface area contributed by atoms with Crippen LogP contribution in [0.15, 0.2) is 4.79 Å². The summed E-state index contributed by atoms with van der Waals surface area (Å²) < 4.78 is 15.0. The van der Waals surface area contributed by atoms with E-state index in [4.69, 9.17) is 14.6 Å². The molecule has 4 rings (SSSR count). The monoisotopic (exact) mass is 460 g/mol. The van der Waals surface area contributed by atoms with Crippen LogP contribution in [-0.4, -0.2) is 67.7 Å². The van der Waals surface area contributed by atoms with Gasteiger partial charge in [-0.3, -0.25) is 4.57 Å². The first-order chi connectivity index (χ1) is 15.5. The number of nitrogens with zero attached hydrogens (tertiary/aromatic N) is 6. The van der Waals surface area contributed by atoms with E-state index in [2.05, 4.69) is 9.88 Å². The minimum absolute atomic E-state index is 0.0621. The van der Waals surface area contributed by atoms with Crippen LogP contribution >= 0.6 is 0 Å². The Hall–Kier alpha value is -2.62. The van der Waals surface area contributed by atoms with Gasteiger partial charge < -0.3 is 19.3 Å². The number of rotatable bonds is 2. The number of aryl methyl sites for hydroxylation is 2. The van der Waals surface area contributed by atoms with E-state index >= 15 is 0 Å². The number of fused-ring (bicyclic) bond motifs is 1. The molecule has 4 heterocycles. The van der Waals surface area contributed by atoms with Crippen molar-refractivity contribution < 1.29 is 14.3 Å². The summed E-state index contributed by atoms with van der Waals surface area (Å²) in [6.07, 6.45) is 2.59. The summed E-state index contributed by atoms with van der Waals surface area (Å²) in [4.78, 5) is 33.8. The molecule has 3 atom stereocenters. The van der Waals surface area contributed by atoms with E-state index in [0.717, 1.165) is 30.5 Å². The predicted molar refractivity (Wildman–Crippen MR) is 126 cm³/mol. The Labute approximate surface area is 194 Å². The smallest absolute Gasteiger partial charge is 0.410 e. The van der Waals surface area contributed by atoms with E-state index in [9.17, 15) is 9.59 Å². The Balaban J connectivity index is 1.70. The van der Waals surface area contributed by atoms with Crippen molar-refractivity contribution in [3.63, 3.8) is 0 Å². The highest BCUT2D eigenvalue weighted by molar-refractivity contribution is 5.88. The molecule has 0 spiro atoms. The van der Waals surface area contributed by atoms with Crippen molar-refractivity contribution in [2.75, 3.05) is 24.6 Å². The molecular weight excluding hydrogens is 424 g/mol. The predicted octanol–water partition coefficient (Wildman–Crippen LogP) is 2.97. The zero-order valence-corrected chi connectivity index (χ0v) is 20.8. The fraction of sp³-hybridized carbons (Fsp3) is 0.739. The summed E-state index contributed by atoms with van der Waals surface area (Å²) in [7, 11) is 1.73. The van der Waals surface area contributed by atoms with Gasteiger partial charge in [-0.05, 0) is 60.8 Å². The van der Waals surface area contributed by atoms with E-state index in [1.807, 2.05) is 46.2 Å². The third-order valence-corrected chi connectivity index (χ3v) is 6.47. The van der Waals surface area contributed by atoms with Gasteiger partial charge in [-0.25, -0.2) is 14.3 Å². The Morgan fingerprint density at radius 1 is 1.15 bits per heavy atom. The maximum atomic E-state index is 12.8. The van der Waals surface area contributed by atoms with Gasteiger partial charge in [0.2, 0.25) is 0 Å². The fourth-order valence-electron chi connectivity index (χ4n) is 4.77. The second kappa shape index (κ2) is 8.62. The molecule has 10 heteroatoms. The van der Waals surface area contributed by atoms with E-state index in [-0.39, 0.29) is 30.1 Å². The molecular formula is C23H36N6O4. The van der Waals surface area contributed by atoms with Gasteiger partial charge in [-0.15, -0.1) is 0 Å². The molecule has 0 aliphatic carbocycles. The number of anilines is 1. The van der Waals surface area contributed by atoms with Gasteiger partial charge in [0.25, 0.3) is 0 Å². The summed E-state index contributed by atoms with van der Waals surface area (Å²) in [5.74, 6) is 0.564. The van der Waals surface area contributed by atoms with E-state index in [1.165, 1.54) is 0 Å². The van der Waals surface area contributed by atoms with Gasteiger partial charge in [-0.1, -0.05) is 0 Å². The molecule has 0 bridgehead atoms. The van der Waals surface area contributed by atoms with Gasteiger partial charge in [0.15, 0.2) is 17.6 Å². The summed E-state index contributed by atoms with van der Waals surface area (Å²) in [6.45, 7) is 13.3. The second-order valence-electron chi connectivity index (χ2n) is 10.3. The standard InChI is InChI=1S/C23H36N6O4/c1-14-13-28(22(31)33-23(4,5)6)15(2)12-27(14)20-18-19(26(7)21(30)24-20)16(3)29(25-18)17-10-8-9-11-32-17/h14-15,17H,8-13H2,1-7H3/t14-,15+,17?/m0/s1. The normalized spacial score (nSPS) is 24.4. The van der Waals surface area contributed by atoms with Gasteiger partial charge in [0, 0.05) is 38.8 Å². The molecule has 33 heavy (non-hydrogen) atoms. The van der Waals surface area contributed by atoms with E-state index < -0.39 is 5.60 Å². The number of aromatic nitrogens is 4. The third-order valence-electron chi connectivity index (χ3n) is 6.47. The van der Waals surface area contributed by atoms with Crippen molar-refractivity contribution in [3.05, 3.63) is 16.2 Å². The van der Waals surface area contributed by atoms with Crippen LogP contribution < -0.4 is 10.6 Å². The SMILES string of the molecule is Cc1c2c(nn1C1CCCCO1)c(N1C[C@@H](C)N(C(=O)OC(C)(C)C)C[C@@H]1C)nc(=O)n2C. The first-order valence-corrected chi connectivity index (χ1v) is 11.8. The lowest BCUT2D eigenvalue weighted by atomic mass is 10.1. The molecule has 2 aliphatic rings. The van der Waals surface area contributed by atoms with Crippen LogP contribution in [0.3, 0.4) is 0 Å². The molecule has 1 amide bonds. The maximum Gasteiger partial charge on any atom is 0.410 e. The Bertz CT molecular complexity index is 1100. The number of ether oxygens (including phenoxy) is 2. The molecule has 2 aliphatic heterocycles. The third kappa shape index (κ3) is 4.45. The largest absolute Gasteiger partial charge is 0.444 e. The Kier molecular flexibility index (Phi) is 6.15. The maximum absolute atomic E-state index is 12.8. The van der Waals surface area contributed by atoms with Gasteiger partial charge in [0.05, 0.1) is 11.2 Å². The van der Waals surface area contributed by atoms with Crippen molar-refractivity contribution in [3.8, 4) is 0 Å².